The second kappa shape index (κ2) is 13.2. The Bertz CT molecular complexity index is 3470. The summed E-state index contributed by atoms with van der Waals surface area (Å²) in [5, 5.41) is 9.85. The largest absolute Gasteiger partial charge is 0.455 e. The summed E-state index contributed by atoms with van der Waals surface area (Å²) in [6, 6.07) is 62.4. The van der Waals surface area contributed by atoms with Crippen LogP contribution in [0, 0.1) is 6.92 Å². The van der Waals surface area contributed by atoms with Gasteiger partial charge >= 0.3 is 0 Å². The molecule has 0 fully saturated rings. The lowest BCUT2D eigenvalue weighted by atomic mass is 9.79. The molecule has 0 radical (unpaired) electrons. The quantitative estimate of drug-likeness (QED) is 0.173. The maximum absolute atomic E-state index is 7.28. The summed E-state index contributed by atoms with van der Waals surface area (Å²) in [4.78, 5) is 2.56. The number of allylic oxidation sites excluding steroid dienone is 4. The summed E-state index contributed by atoms with van der Waals surface area (Å²) in [7, 11) is 0. The van der Waals surface area contributed by atoms with Crippen molar-refractivity contribution in [1.82, 2.24) is 0 Å². The highest BCUT2D eigenvalue weighted by atomic mass is 16.3. The number of hydrogen-bond donors (Lipinski definition) is 0. The molecule has 0 amide bonds. The SMILES string of the molecule is Cc1ccc2ccccc2c1N(C1=CC=C(c2ccccc2)CC1)c1ccc2c(c1)C(C)(C)c1c-2c2oc3c(-c4ccc5ccccc5c4)cccc3c2c2ccccc12. The molecule has 0 atom stereocenters. The van der Waals surface area contributed by atoms with Crippen molar-refractivity contribution < 1.29 is 4.42 Å². The summed E-state index contributed by atoms with van der Waals surface area (Å²) in [6.45, 7) is 7.07. The number of para-hydroxylation sites is 1. The molecule has 0 N–H and O–H groups in total. The van der Waals surface area contributed by atoms with Crippen molar-refractivity contribution in [2.45, 2.75) is 39.0 Å². The zero-order chi connectivity index (χ0) is 40.1. The van der Waals surface area contributed by atoms with Crippen molar-refractivity contribution in [2.75, 3.05) is 4.90 Å². The Morgan fingerprint density at radius 3 is 2.05 bits per heavy atom. The summed E-state index contributed by atoms with van der Waals surface area (Å²) in [6.07, 6.45) is 6.62. The molecular weight excluding hydrogens is 727 g/mol. The van der Waals surface area contributed by atoms with Gasteiger partial charge < -0.3 is 9.32 Å². The van der Waals surface area contributed by atoms with Crippen LogP contribution in [0.1, 0.15) is 48.9 Å². The van der Waals surface area contributed by atoms with Gasteiger partial charge in [0.25, 0.3) is 0 Å². The second-order valence-electron chi connectivity index (χ2n) is 17.2. The fourth-order valence-electron chi connectivity index (χ4n) is 10.6. The van der Waals surface area contributed by atoms with E-state index in [1.807, 2.05) is 0 Å². The standard InChI is InChI=1S/C58H43NO/c1-36-24-25-40-17-9-10-19-45(40)55(36)59(43-30-28-39(29-31-43)37-14-5-4-6-15-37)44-32-33-49-51(35-44)58(2,3)54-48-21-12-11-20-47(48)52-50-23-13-22-46(56(50)60-57(52)53(49)54)42-27-26-38-16-7-8-18-41(38)34-42/h4-28,30,32-35H,29,31H2,1-3H3. The molecule has 10 aromatic rings. The highest BCUT2D eigenvalue weighted by molar-refractivity contribution is 6.26. The predicted molar refractivity (Wildman–Crippen MR) is 254 cm³/mol. The van der Waals surface area contributed by atoms with E-state index in [4.69, 9.17) is 4.42 Å². The second-order valence-corrected chi connectivity index (χ2v) is 17.2. The number of benzene rings is 9. The van der Waals surface area contributed by atoms with Crippen LogP contribution in [0.15, 0.2) is 192 Å². The first-order chi connectivity index (χ1) is 29.4. The maximum Gasteiger partial charge on any atom is 0.144 e. The first kappa shape index (κ1) is 34.8. The van der Waals surface area contributed by atoms with E-state index >= 15 is 0 Å². The van der Waals surface area contributed by atoms with Crippen LogP contribution < -0.4 is 4.90 Å². The molecule has 12 rings (SSSR count). The maximum atomic E-state index is 7.28. The van der Waals surface area contributed by atoms with E-state index in [0.29, 0.717) is 0 Å². The van der Waals surface area contributed by atoms with E-state index in [9.17, 15) is 0 Å². The molecule has 9 aromatic carbocycles. The Kier molecular flexibility index (Phi) is 7.65. The zero-order valence-electron chi connectivity index (χ0n) is 34.1. The number of furan rings is 1. The molecule has 0 aliphatic heterocycles. The van der Waals surface area contributed by atoms with Crippen LogP contribution >= 0.6 is 0 Å². The van der Waals surface area contributed by atoms with Crippen LogP contribution in [-0.2, 0) is 5.41 Å². The first-order valence-electron chi connectivity index (χ1n) is 21.2. The van der Waals surface area contributed by atoms with Crippen molar-refractivity contribution >= 4 is 71.2 Å². The lowest BCUT2D eigenvalue weighted by molar-refractivity contribution is 0.658. The third-order valence-electron chi connectivity index (χ3n) is 13.4. The van der Waals surface area contributed by atoms with Crippen LogP contribution in [0.2, 0.25) is 0 Å². The third kappa shape index (κ3) is 5.13. The molecule has 286 valence electrons. The van der Waals surface area contributed by atoms with E-state index in [1.165, 1.54) is 93.7 Å². The number of hydrogen-bond acceptors (Lipinski definition) is 2. The van der Waals surface area contributed by atoms with Gasteiger partial charge in [-0.25, -0.2) is 0 Å². The molecule has 2 heteroatoms. The molecule has 2 nitrogen and oxygen atoms in total. The van der Waals surface area contributed by atoms with Crippen LogP contribution in [0.5, 0.6) is 0 Å². The van der Waals surface area contributed by atoms with Crippen molar-refractivity contribution in [3.63, 3.8) is 0 Å². The smallest absolute Gasteiger partial charge is 0.144 e. The number of nitrogens with zero attached hydrogens (tertiary/aromatic N) is 1. The molecule has 0 unspecified atom stereocenters. The topological polar surface area (TPSA) is 16.4 Å². The average Bonchev–Trinajstić information content (AvgIpc) is 3.80. The minimum absolute atomic E-state index is 0.296. The van der Waals surface area contributed by atoms with Gasteiger partial charge in [0.05, 0.1) is 5.69 Å². The zero-order valence-corrected chi connectivity index (χ0v) is 34.1. The van der Waals surface area contributed by atoms with Crippen LogP contribution in [0.3, 0.4) is 0 Å². The van der Waals surface area contributed by atoms with Gasteiger partial charge in [0.1, 0.15) is 11.2 Å². The number of rotatable bonds is 5. The summed E-state index contributed by atoms with van der Waals surface area (Å²) in [5.41, 5.74) is 16.7. The molecule has 60 heavy (non-hydrogen) atoms. The van der Waals surface area contributed by atoms with Gasteiger partial charge in [0.15, 0.2) is 0 Å². The average molecular weight is 770 g/mol. The van der Waals surface area contributed by atoms with Gasteiger partial charge in [0, 0.05) is 44.1 Å². The Morgan fingerprint density at radius 1 is 0.517 bits per heavy atom. The predicted octanol–water partition coefficient (Wildman–Crippen LogP) is 16.2. The minimum Gasteiger partial charge on any atom is -0.455 e. The van der Waals surface area contributed by atoms with Gasteiger partial charge in [-0.15, -0.1) is 0 Å². The number of aryl methyl sites for hydroxylation is 1. The Morgan fingerprint density at radius 2 is 1.23 bits per heavy atom. The molecule has 0 saturated heterocycles. The summed E-state index contributed by atoms with van der Waals surface area (Å²) in [5.74, 6) is 0. The van der Waals surface area contributed by atoms with E-state index < -0.39 is 0 Å². The molecule has 2 aliphatic rings. The Balaban J connectivity index is 1.09. The lowest BCUT2D eigenvalue weighted by Gasteiger charge is -2.33. The highest BCUT2D eigenvalue weighted by Gasteiger charge is 2.41. The van der Waals surface area contributed by atoms with Crippen LogP contribution in [0.25, 0.3) is 82.1 Å². The van der Waals surface area contributed by atoms with Crippen molar-refractivity contribution in [3.8, 4) is 22.3 Å². The van der Waals surface area contributed by atoms with Crippen LogP contribution in [0.4, 0.5) is 11.4 Å². The lowest BCUT2D eigenvalue weighted by Crippen LogP contribution is -2.21. The molecule has 0 spiro atoms. The number of fused-ring (bicyclic) bond motifs is 12. The number of anilines is 2. The fourth-order valence-corrected chi connectivity index (χ4v) is 10.6. The summed E-state index contributed by atoms with van der Waals surface area (Å²) >= 11 is 0. The van der Waals surface area contributed by atoms with E-state index in [-0.39, 0.29) is 5.41 Å². The normalized spacial score (nSPS) is 14.4. The third-order valence-corrected chi connectivity index (χ3v) is 13.4. The molecule has 0 saturated carbocycles. The molecule has 2 aliphatic carbocycles. The Labute approximate surface area is 350 Å². The van der Waals surface area contributed by atoms with Gasteiger partial charge in [-0.1, -0.05) is 172 Å². The van der Waals surface area contributed by atoms with Gasteiger partial charge in [0.2, 0.25) is 0 Å². The van der Waals surface area contributed by atoms with Crippen molar-refractivity contribution in [3.05, 3.63) is 210 Å². The monoisotopic (exact) mass is 769 g/mol. The van der Waals surface area contributed by atoms with E-state index in [2.05, 4.69) is 208 Å². The first-order valence-corrected chi connectivity index (χ1v) is 21.2. The van der Waals surface area contributed by atoms with Gasteiger partial charge in [-0.05, 0) is 110 Å². The van der Waals surface area contributed by atoms with Gasteiger partial charge in [-0.2, -0.15) is 0 Å². The van der Waals surface area contributed by atoms with E-state index in [0.717, 1.165) is 40.5 Å². The molecule has 1 heterocycles. The highest BCUT2D eigenvalue weighted by Crippen LogP contribution is 2.57. The fraction of sp³-hybridized carbons (Fsp3) is 0.103. The van der Waals surface area contributed by atoms with E-state index in [1.54, 1.807) is 0 Å². The van der Waals surface area contributed by atoms with Crippen molar-refractivity contribution in [1.29, 1.82) is 0 Å². The summed E-state index contributed by atoms with van der Waals surface area (Å²) < 4.78 is 7.28. The van der Waals surface area contributed by atoms with Crippen molar-refractivity contribution in [2.24, 2.45) is 0 Å². The molecular formula is C58H43NO. The van der Waals surface area contributed by atoms with Gasteiger partial charge in [-0.3, -0.25) is 0 Å². The van der Waals surface area contributed by atoms with Crippen LogP contribution in [-0.4, -0.2) is 0 Å². The Hall–Kier alpha value is -7.16. The minimum atomic E-state index is -0.296. The molecule has 1 aromatic heterocycles. The molecule has 0 bridgehead atoms.